The van der Waals surface area contributed by atoms with E-state index in [1.54, 1.807) is 7.11 Å². The van der Waals surface area contributed by atoms with E-state index in [4.69, 9.17) is 0 Å². The Bertz CT molecular complexity index is 40.8. The fraction of sp³-hybridized carbons (Fsp3) is 1.00. The molecule has 2 heteroatoms. The molecule has 1 aliphatic rings. The summed E-state index contributed by atoms with van der Waals surface area (Å²) < 4.78 is 0. The topological polar surface area (TPSA) is 18.5 Å². The van der Waals surface area contributed by atoms with Crippen LogP contribution in [-0.4, -0.2) is 13.2 Å². The van der Waals surface area contributed by atoms with Crippen LogP contribution in [0.1, 0.15) is 12.8 Å². The molecule has 6 heavy (non-hydrogen) atoms. The van der Waals surface area contributed by atoms with Crippen molar-refractivity contribution in [1.82, 2.24) is 0 Å². The molecule has 0 atom stereocenters. The maximum atomic E-state index is 4.65. The molecule has 0 bridgehead atoms. The second kappa shape index (κ2) is 1.58. The van der Waals surface area contributed by atoms with E-state index in [-0.39, 0.29) is 0 Å². The first-order valence-electron chi connectivity index (χ1n) is 2.13. The van der Waals surface area contributed by atoms with Gasteiger partial charge in [-0.25, -0.2) is 9.78 Å². The highest BCUT2D eigenvalue weighted by atomic mass is 17.2. The average molecular weight is 88.1 g/mol. The van der Waals surface area contributed by atoms with Crippen LogP contribution in [0.15, 0.2) is 0 Å². The largest absolute Gasteiger partial charge is 0.240 e. The van der Waals surface area contributed by atoms with Crippen LogP contribution in [0.2, 0.25) is 0 Å². The Labute approximate surface area is 37.0 Å². The molecule has 0 aromatic rings. The van der Waals surface area contributed by atoms with E-state index in [9.17, 15) is 0 Å². The molecule has 0 radical (unpaired) electrons. The smallest absolute Gasteiger partial charge is 0.0931 e. The average Bonchev–Trinajstić information content (AvgIpc) is 2.21. The van der Waals surface area contributed by atoms with Gasteiger partial charge in [0.05, 0.1) is 13.2 Å². The third kappa shape index (κ3) is 0.954. The van der Waals surface area contributed by atoms with E-state index in [2.05, 4.69) is 9.78 Å². The van der Waals surface area contributed by atoms with Crippen molar-refractivity contribution in [3.63, 3.8) is 0 Å². The van der Waals surface area contributed by atoms with Crippen molar-refractivity contribution in [2.24, 2.45) is 0 Å². The van der Waals surface area contributed by atoms with Crippen LogP contribution >= 0.6 is 0 Å². The van der Waals surface area contributed by atoms with Crippen LogP contribution in [0, 0.1) is 0 Å². The quantitative estimate of drug-likeness (QED) is 0.366. The lowest BCUT2D eigenvalue weighted by Crippen LogP contribution is -1.88. The van der Waals surface area contributed by atoms with Crippen LogP contribution < -0.4 is 0 Å². The molecule has 0 aromatic heterocycles. The Kier molecular flexibility index (Phi) is 1.08. The summed E-state index contributed by atoms with van der Waals surface area (Å²) in [5, 5.41) is 0. The molecule has 0 unspecified atom stereocenters. The van der Waals surface area contributed by atoms with E-state index in [0.29, 0.717) is 6.10 Å². The predicted octanol–water partition coefficient (Wildman–Crippen LogP) is 0.727. The zero-order valence-corrected chi connectivity index (χ0v) is 3.81. The molecule has 0 heterocycles. The first-order valence-corrected chi connectivity index (χ1v) is 2.13. The standard InChI is InChI=1S/C4H8O2/c1-5-6-4-2-3-4/h4H,2-3H2,1H3. The van der Waals surface area contributed by atoms with Crippen LogP contribution in [0.5, 0.6) is 0 Å². The lowest BCUT2D eigenvalue weighted by Gasteiger charge is -1.89. The minimum Gasteiger partial charge on any atom is -0.240 e. The molecule has 0 spiro atoms. The fourth-order valence-electron chi connectivity index (χ4n) is 0.300. The molecule has 1 rings (SSSR count). The minimum atomic E-state index is 0.426. The molecule has 1 fully saturated rings. The van der Waals surface area contributed by atoms with E-state index >= 15 is 0 Å². The highest BCUT2D eigenvalue weighted by molar-refractivity contribution is 4.70. The van der Waals surface area contributed by atoms with Gasteiger partial charge in [0.25, 0.3) is 0 Å². The van der Waals surface area contributed by atoms with Gasteiger partial charge in [0, 0.05) is 0 Å². The van der Waals surface area contributed by atoms with Crippen LogP contribution in [0.4, 0.5) is 0 Å². The predicted molar refractivity (Wildman–Crippen MR) is 21.1 cm³/mol. The van der Waals surface area contributed by atoms with Gasteiger partial charge < -0.3 is 0 Å². The summed E-state index contributed by atoms with van der Waals surface area (Å²) >= 11 is 0. The van der Waals surface area contributed by atoms with Gasteiger partial charge in [-0.2, -0.15) is 0 Å². The molecule has 0 aliphatic heterocycles. The van der Waals surface area contributed by atoms with Crippen LogP contribution in [0.3, 0.4) is 0 Å². The molecular weight excluding hydrogens is 80.0 g/mol. The summed E-state index contributed by atoms with van der Waals surface area (Å²) in [6.45, 7) is 0. The molecule has 0 saturated heterocycles. The summed E-state index contributed by atoms with van der Waals surface area (Å²) in [5.74, 6) is 0. The van der Waals surface area contributed by atoms with Gasteiger partial charge in [-0.05, 0) is 12.8 Å². The van der Waals surface area contributed by atoms with Gasteiger partial charge in [0.2, 0.25) is 0 Å². The highest BCUT2D eigenvalue weighted by Crippen LogP contribution is 2.22. The van der Waals surface area contributed by atoms with Crippen molar-refractivity contribution in [3.05, 3.63) is 0 Å². The number of rotatable bonds is 2. The van der Waals surface area contributed by atoms with Gasteiger partial charge >= 0.3 is 0 Å². The zero-order chi connectivity index (χ0) is 4.41. The summed E-state index contributed by atoms with van der Waals surface area (Å²) in [5.41, 5.74) is 0. The summed E-state index contributed by atoms with van der Waals surface area (Å²) in [6.07, 6.45) is 2.77. The minimum absolute atomic E-state index is 0.426. The fourth-order valence-corrected chi connectivity index (χ4v) is 0.300. The Balaban J connectivity index is 1.88. The number of hydrogen-bond donors (Lipinski definition) is 0. The lowest BCUT2D eigenvalue weighted by atomic mass is 10.9. The van der Waals surface area contributed by atoms with E-state index in [0.717, 1.165) is 0 Å². The van der Waals surface area contributed by atoms with Gasteiger partial charge in [0.15, 0.2) is 0 Å². The highest BCUT2D eigenvalue weighted by Gasteiger charge is 2.22. The Hall–Kier alpha value is -0.0800. The first kappa shape index (κ1) is 4.09. The molecule has 36 valence electrons. The Morgan fingerprint density at radius 3 is 2.33 bits per heavy atom. The van der Waals surface area contributed by atoms with Crippen molar-refractivity contribution in [3.8, 4) is 0 Å². The van der Waals surface area contributed by atoms with Crippen molar-refractivity contribution >= 4 is 0 Å². The lowest BCUT2D eigenvalue weighted by molar-refractivity contribution is -0.281. The summed E-state index contributed by atoms with van der Waals surface area (Å²) in [6, 6.07) is 0. The van der Waals surface area contributed by atoms with Gasteiger partial charge in [-0.1, -0.05) is 0 Å². The second-order valence-electron chi connectivity index (χ2n) is 1.46. The Morgan fingerprint density at radius 2 is 2.17 bits per heavy atom. The SMILES string of the molecule is COOC1CC1. The third-order valence-electron chi connectivity index (χ3n) is 0.757. The van der Waals surface area contributed by atoms with Crippen LogP contribution in [0.25, 0.3) is 0 Å². The van der Waals surface area contributed by atoms with Gasteiger partial charge in [0.1, 0.15) is 0 Å². The number of hydrogen-bond acceptors (Lipinski definition) is 2. The second-order valence-corrected chi connectivity index (χ2v) is 1.46. The molecule has 1 saturated carbocycles. The van der Waals surface area contributed by atoms with Gasteiger partial charge in [-0.3, -0.25) is 0 Å². The van der Waals surface area contributed by atoms with Crippen molar-refractivity contribution in [2.45, 2.75) is 18.9 Å². The van der Waals surface area contributed by atoms with E-state index in [1.807, 2.05) is 0 Å². The van der Waals surface area contributed by atoms with E-state index < -0.39 is 0 Å². The van der Waals surface area contributed by atoms with Crippen molar-refractivity contribution < 1.29 is 9.78 Å². The molecule has 2 nitrogen and oxygen atoms in total. The monoisotopic (exact) mass is 88.1 g/mol. The van der Waals surface area contributed by atoms with Crippen molar-refractivity contribution in [1.29, 1.82) is 0 Å². The van der Waals surface area contributed by atoms with E-state index in [1.165, 1.54) is 12.8 Å². The summed E-state index contributed by atoms with van der Waals surface area (Å²) in [7, 11) is 1.54. The molecule has 0 N–H and O–H groups in total. The Morgan fingerprint density at radius 1 is 1.50 bits per heavy atom. The first-order chi connectivity index (χ1) is 2.93. The molecular formula is C4H8O2. The van der Waals surface area contributed by atoms with Crippen molar-refractivity contribution in [2.75, 3.05) is 7.11 Å². The van der Waals surface area contributed by atoms with Gasteiger partial charge in [-0.15, -0.1) is 0 Å². The van der Waals surface area contributed by atoms with Crippen LogP contribution in [-0.2, 0) is 9.78 Å². The normalized spacial score (nSPS) is 21.5. The maximum Gasteiger partial charge on any atom is 0.0931 e. The molecule has 0 amide bonds. The maximum absolute atomic E-state index is 4.65. The third-order valence-corrected chi connectivity index (χ3v) is 0.757. The molecule has 1 aliphatic carbocycles. The molecule has 0 aromatic carbocycles. The zero-order valence-electron chi connectivity index (χ0n) is 3.81. The summed E-state index contributed by atoms with van der Waals surface area (Å²) in [4.78, 5) is 9.02.